The molecule has 0 radical (unpaired) electrons. The number of rotatable bonds is 6. The van der Waals surface area contributed by atoms with E-state index in [0.717, 1.165) is 0 Å². The van der Waals surface area contributed by atoms with Crippen LogP contribution in [0.1, 0.15) is 56.4 Å². The van der Waals surface area contributed by atoms with Gasteiger partial charge in [0.15, 0.2) is 5.78 Å². The molecule has 0 aromatic heterocycles. The van der Waals surface area contributed by atoms with Crippen LogP contribution in [-0.2, 0) is 14.3 Å². The van der Waals surface area contributed by atoms with Gasteiger partial charge in [0.05, 0.1) is 0 Å². The fourth-order valence-corrected chi connectivity index (χ4v) is 1.72. The maximum Gasteiger partial charge on any atom is 0.333 e. The van der Waals surface area contributed by atoms with E-state index in [2.05, 4.69) is 13.2 Å². The molecule has 0 spiro atoms. The van der Waals surface area contributed by atoms with Crippen molar-refractivity contribution in [2.24, 2.45) is 11.3 Å². The van der Waals surface area contributed by atoms with Crippen LogP contribution in [0.25, 0.3) is 0 Å². The van der Waals surface area contributed by atoms with E-state index in [9.17, 15) is 9.59 Å². The molecule has 0 aliphatic rings. The van der Waals surface area contributed by atoms with Crippen molar-refractivity contribution in [3.05, 3.63) is 24.3 Å². The number of Topliss-reactive ketones (excluding diaryl/α,β-unsaturated/α-hetero) is 1. The van der Waals surface area contributed by atoms with Crippen LogP contribution in [-0.4, -0.2) is 17.9 Å². The van der Waals surface area contributed by atoms with E-state index < -0.39 is 11.4 Å². The van der Waals surface area contributed by atoms with Crippen LogP contribution in [0.5, 0.6) is 0 Å². The smallest absolute Gasteiger partial charge is 0.333 e. The number of ketones is 1. The Morgan fingerprint density at radius 2 is 1.40 bits per heavy atom. The van der Waals surface area contributed by atoms with Crippen LogP contribution in [0.15, 0.2) is 24.3 Å². The topological polar surface area (TPSA) is 43.4 Å². The quantitative estimate of drug-likeness (QED) is 0.530. The van der Waals surface area contributed by atoms with Gasteiger partial charge in [-0.1, -0.05) is 48.8 Å². The van der Waals surface area contributed by atoms with Gasteiger partial charge in [-0.05, 0) is 26.3 Å². The lowest BCUT2D eigenvalue weighted by molar-refractivity contribution is -0.150. The molecule has 0 fully saturated rings. The van der Waals surface area contributed by atoms with E-state index >= 15 is 0 Å². The van der Waals surface area contributed by atoms with Gasteiger partial charge in [-0.15, -0.1) is 0 Å². The minimum atomic E-state index is -0.611. The van der Waals surface area contributed by atoms with E-state index in [0.29, 0.717) is 11.1 Å². The van der Waals surface area contributed by atoms with Crippen LogP contribution in [0.4, 0.5) is 0 Å². The first-order chi connectivity index (χ1) is 8.01. The summed E-state index contributed by atoms with van der Waals surface area (Å²) >= 11 is 0. The second-order valence-corrected chi connectivity index (χ2v) is 5.51. The third-order valence-electron chi connectivity index (χ3n) is 3.46. The molecule has 2 unspecified atom stereocenters. The Labute approximate surface area is 125 Å². The second kappa shape index (κ2) is 8.72. The fraction of sp³-hybridized carbons (Fsp3) is 0.647. The van der Waals surface area contributed by atoms with Gasteiger partial charge in [0.1, 0.15) is 6.10 Å². The lowest BCUT2D eigenvalue weighted by Crippen LogP contribution is -2.39. The Hall–Kier alpha value is -1.38. The molecule has 2 atom stereocenters. The summed E-state index contributed by atoms with van der Waals surface area (Å²) in [7, 11) is 0. The number of ether oxygens (including phenoxy) is 1. The Morgan fingerprint density at radius 3 is 1.70 bits per heavy atom. The highest BCUT2D eigenvalue weighted by Crippen LogP contribution is 2.33. The SMILES string of the molecule is C.C.C=C(C)C(=O)OC(C)C(C)C(C)(C)C(=O)C(=C)C. The molecule has 0 aromatic carbocycles. The van der Waals surface area contributed by atoms with Crippen molar-refractivity contribution in [2.45, 2.75) is 62.5 Å². The van der Waals surface area contributed by atoms with Gasteiger partial charge in [-0.25, -0.2) is 4.79 Å². The van der Waals surface area contributed by atoms with Gasteiger partial charge >= 0.3 is 5.97 Å². The van der Waals surface area contributed by atoms with Crippen molar-refractivity contribution in [2.75, 3.05) is 0 Å². The van der Waals surface area contributed by atoms with Crippen LogP contribution < -0.4 is 0 Å². The summed E-state index contributed by atoms with van der Waals surface area (Å²) in [6, 6.07) is 0. The fourth-order valence-electron chi connectivity index (χ4n) is 1.72. The highest BCUT2D eigenvalue weighted by atomic mass is 16.5. The summed E-state index contributed by atoms with van der Waals surface area (Å²) in [5.74, 6) is -0.536. The molecule has 0 N–H and O–H groups in total. The summed E-state index contributed by atoms with van der Waals surface area (Å²) in [6.07, 6.45) is -0.354. The Bertz CT molecular complexity index is 378. The highest BCUT2D eigenvalue weighted by Gasteiger charge is 2.38. The average Bonchev–Trinajstić information content (AvgIpc) is 2.26. The van der Waals surface area contributed by atoms with Crippen molar-refractivity contribution in [3.63, 3.8) is 0 Å². The number of hydrogen-bond donors (Lipinski definition) is 0. The molecule has 0 saturated carbocycles. The summed E-state index contributed by atoms with van der Waals surface area (Å²) in [5.41, 5.74) is 0.268. The lowest BCUT2D eigenvalue weighted by Gasteiger charge is -2.34. The summed E-state index contributed by atoms with van der Waals surface area (Å²) in [5, 5.41) is 0. The summed E-state index contributed by atoms with van der Waals surface area (Å²) < 4.78 is 5.27. The summed E-state index contributed by atoms with van der Waals surface area (Å²) in [6.45, 7) is 17.9. The van der Waals surface area contributed by atoms with Gasteiger partial charge in [0.2, 0.25) is 0 Å². The number of esters is 1. The van der Waals surface area contributed by atoms with Gasteiger partial charge < -0.3 is 4.74 Å². The number of carbonyl (C=O) groups excluding carboxylic acids is 2. The molecule has 0 aliphatic carbocycles. The number of hydrogen-bond acceptors (Lipinski definition) is 3. The molecule has 0 saturated heterocycles. The van der Waals surface area contributed by atoms with Gasteiger partial charge in [-0.2, -0.15) is 0 Å². The predicted octanol–water partition coefficient (Wildman–Crippen LogP) is 4.57. The minimum absolute atomic E-state index is 0. The van der Waals surface area contributed by atoms with E-state index in [4.69, 9.17) is 4.74 Å². The Balaban J connectivity index is -0.00000144. The van der Waals surface area contributed by atoms with E-state index in [-0.39, 0.29) is 32.7 Å². The molecular weight excluding hydrogens is 252 g/mol. The van der Waals surface area contributed by atoms with Crippen LogP contribution >= 0.6 is 0 Å². The van der Waals surface area contributed by atoms with Crippen LogP contribution in [0.2, 0.25) is 0 Å². The third kappa shape index (κ3) is 5.72. The van der Waals surface area contributed by atoms with Crippen molar-refractivity contribution < 1.29 is 14.3 Å². The lowest BCUT2D eigenvalue weighted by atomic mass is 9.72. The zero-order valence-electron chi connectivity index (χ0n) is 12.3. The van der Waals surface area contributed by atoms with E-state index in [1.165, 1.54) is 0 Å². The predicted molar refractivity (Wildman–Crippen MR) is 86.6 cm³/mol. The molecule has 3 heteroatoms. The molecule has 0 heterocycles. The molecule has 118 valence electrons. The van der Waals surface area contributed by atoms with Crippen LogP contribution in [0.3, 0.4) is 0 Å². The molecule has 0 bridgehead atoms. The standard InChI is InChI=1S/C15H24O3.2CH4/c1-9(2)13(16)15(7,8)11(5)12(6)18-14(17)10(3)4;;/h11-12H,1,3H2,2,4-8H3;2*1H4. The molecule has 3 nitrogen and oxygen atoms in total. The normalized spacial score (nSPS) is 13.1. The van der Waals surface area contributed by atoms with Gasteiger partial charge in [0, 0.05) is 16.9 Å². The highest BCUT2D eigenvalue weighted by molar-refractivity contribution is 5.98. The Morgan fingerprint density at radius 1 is 1.00 bits per heavy atom. The second-order valence-electron chi connectivity index (χ2n) is 5.51. The van der Waals surface area contributed by atoms with E-state index in [1.54, 1.807) is 20.8 Å². The largest absolute Gasteiger partial charge is 0.459 e. The molecule has 0 rings (SSSR count). The first-order valence-corrected chi connectivity index (χ1v) is 6.08. The monoisotopic (exact) mass is 284 g/mol. The average molecular weight is 284 g/mol. The first kappa shape index (κ1) is 23.7. The molecule has 0 amide bonds. The van der Waals surface area contributed by atoms with Crippen LogP contribution in [0, 0.1) is 11.3 Å². The molecule has 20 heavy (non-hydrogen) atoms. The van der Waals surface area contributed by atoms with Crippen molar-refractivity contribution in [3.8, 4) is 0 Å². The van der Waals surface area contributed by atoms with Crippen molar-refractivity contribution >= 4 is 11.8 Å². The number of allylic oxidation sites excluding steroid dienone is 1. The van der Waals surface area contributed by atoms with E-state index in [1.807, 2.05) is 20.8 Å². The van der Waals surface area contributed by atoms with Crippen molar-refractivity contribution in [1.82, 2.24) is 0 Å². The van der Waals surface area contributed by atoms with Gasteiger partial charge in [0.25, 0.3) is 0 Å². The summed E-state index contributed by atoms with van der Waals surface area (Å²) in [4.78, 5) is 23.5. The molecule has 0 aromatic rings. The minimum Gasteiger partial charge on any atom is -0.459 e. The third-order valence-corrected chi connectivity index (χ3v) is 3.46. The maximum absolute atomic E-state index is 12.1. The number of carbonyl (C=O) groups is 2. The van der Waals surface area contributed by atoms with Crippen molar-refractivity contribution in [1.29, 1.82) is 0 Å². The molecular formula is C17H32O3. The zero-order valence-corrected chi connectivity index (χ0v) is 12.3. The zero-order chi connectivity index (χ0) is 14.7. The van der Waals surface area contributed by atoms with Gasteiger partial charge in [-0.3, -0.25) is 4.79 Å². The molecule has 0 aliphatic heterocycles. The maximum atomic E-state index is 12.1. The first-order valence-electron chi connectivity index (χ1n) is 6.08. The Kier molecular flexibility index (Phi) is 10.3.